The van der Waals surface area contributed by atoms with E-state index in [9.17, 15) is 4.79 Å². The van der Waals surface area contributed by atoms with E-state index in [1.807, 2.05) is 36.4 Å². The maximum Gasteiger partial charge on any atom is 0.339 e. The maximum atomic E-state index is 11.9. The first-order chi connectivity index (χ1) is 13.2. The Hall–Kier alpha value is -2.53. The van der Waals surface area contributed by atoms with E-state index in [1.165, 1.54) is 5.69 Å². The number of ether oxygens (including phenoxy) is 2. The molecular formula is C22H26N2O3. The molecule has 2 aromatic carbocycles. The highest BCUT2D eigenvalue weighted by molar-refractivity contribution is 5.93. The molecule has 0 N–H and O–H groups in total. The Morgan fingerprint density at radius 1 is 1.04 bits per heavy atom. The van der Waals surface area contributed by atoms with Gasteiger partial charge < -0.3 is 14.4 Å². The third kappa shape index (κ3) is 3.93. The molecule has 5 heteroatoms. The lowest BCUT2D eigenvalue weighted by molar-refractivity contribution is 0.0358. The summed E-state index contributed by atoms with van der Waals surface area (Å²) in [5.41, 5.74) is 3.03. The third-order valence-electron chi connectivity index (χ3n) is 5.53. The van der Waals surface area contributed by atoms with Crippen molar-refractivity contribution < 1.29 is 14.3 Å². The van der Waals surface area contributed by atoms with Crippen LogP contribution in [0.2, 0.25) is 0 Å². The number of piperazine rings is 1. The highest BCUT2D eigenvalue weighted by Gasteiger charge is 2.30. The number of anilines is 1. The molecule has 0 bridgehead atoms. The van der Waals surface area contributed by atoms with Crippen molar-refractivity contribution in [3.63, 3.8) is 0 Å². The van der Waals surface area contributed by atoms with Crippen molar-refractivity contribution in [2.45, 2.75) is 18.9 Å². The number of hydrogen-bond acceptors (Lipinski definition) is 5. The first-order valence-electron chi connectivity index (χ1n) is 9.66. The standard InChI is InChI=1S/C22H26N2O3/c1-26-18-10-8-17(9-11-18)24-15-13-23(14-16-24)12-4-7-21-19-5-2-3-6-20(19)22(25)27-21/h2-3,5-6,8-11,21H,4,7,12-16H2,1H3. The van der Waals surface area contributed by atoms with E-state index in [-0.39, 0.29) is 12.1 Å². The highest BCUT2D eigenvalue weighted by Crippen LogP contribution is 2.33. The first kappa shape index (κ1) is 17.9. The van der Waals surface area contributed by atoms with Crippen LogP contribution >= 0.6 is 0 Å². The predicted octanol–water partition coefficient (Wildman–Crippen LogP) is 3.51. The number of fused-ring (bicyclic) bond motifs is 1. The molecule has 27 heavy (non-hydrogen) atoms. The van der Waals surface area contributed by atoms with Gasteiger partial charge in [0.05, 0.1) is 12.7 Å². The van der Waals surface area contributed by atoms with Gasteiger partial charge in [0.25, 0.3) is 0 Å². The van der Waals surface area contributed by atoms with Crippen LogP contribution in [0.5, 0.6) is 5.75 Å². The zero-order valence-electron chi connectivity index (χ0n) is 15.8. The number of carbonyl (C=O) groups is 1. The van der Waals surface area contributed by atoms with Crippen molar-refractivity contribution in [1.82, 2.24) is 4.90 Å². The number of carbonyl (C=O) groups excluding carboxylic acids is 1. The number of benzene rings is 2. The van der Waals surface area contributed by atoms with Crippen molar-refractivity contribution in [3.8, 4) is 5.75 Å². The maximum absolute atomic E-state index is 11.9. The van der Waals surface area contributed by atoms with Crippen molar-refractivity contribution in [2.75, 3.05) is 44.7 Å². The number of rotatable bonds is 6. The SMILES string of the molecule is COc1ccc(N2CCN(CCCC3OC(=O)c4ccccc43)CC2)cc1. The molecule has 0 radical (unpaired) electrons. The molecule has 5 nitrogen and oxygen atoms in total. The van der Waals surface area contributed by atoms with Crippen LogP contribution in [0.1, 0.15) is 34.9 Å². The summed E-state index contributed by atoms with van der Waals surface area (Å²) in [5, 5.41) is 0. The molecule has 0 aliphatic carbocycles. The fourth-order valence-electron chi connectivity index (χ4n) is 3.96. The van der Waals surface area contributed by atoms with Gasteiger partial charge in [-0.15, -0.1) is 0 Å². The lowest BCUT2D eigenvalue weighted by atomic mass is 10.0. The zero-order valence-corrected chi connectivity index (χ0v) is 15.8. The Morgan fingerprint density at radius 3 is 2.52 bits per heavy atom. The monoisotopic (exact) mass is 366 g/mol. The third-order valence-corrected chi connectivity index (χ3v) is 5.53. The minimum absolute atomic E-state index is 0.0747. The molecule has 0 aromatic heterocycles. The summed E-state index contributed by atoms with van der Waals surface area (Å²) >= 11 is 0. The van der Waals surface area contributed by atoms with Crippen LogP contribution in [-0.2, 0) is 4.74 Å². The van der Waals surface area contributed by atoms with E-state index in [2.05, 4.69) is 21.9 Å². The minimum Gasteiger partial charge on any atom is -0.497 e. The molecule has 1 unspecified atom stereocenters. The molecule has 1 fully saturated rings. The van der Waals surface area contributed by atoms with E-state index in [1.54, 1.807) is 7.11 Å². The lowest BCUT2D eigenvalue weighted by Crippen LogP contribution is -2.46. The molecule has 0 spiro atoms. The van der Waals surface area contributed by atoms with Crippen LogP contribution in [0, 0.1) is 0 Å². The summed E-state index contributed by atoms with van der Waals surface area (Å²) in [6, 6.07) is 16.0. The molecule has 0 saturated carbocycles. The number of hydrogen-bond donors (Lipinski definition) is 0. The van der Waals surface area contributed by atoms with Crippen LogP contribution in [0.25, 0.3) is 0 Å². The molecule has 1 atom stereocenters. The largest absolute Gasteiger partial charge is 0.497 e. The van der Waals surface area contributed by atoms with Crippen LogP contribution < -0.4 is 9.64 Å². The highest BCUT2D eigenvalue weighted by atomic mass is 16.5. The van der Waals surface area contributed by atoms with Crippen LogP contribution in [-0.4, -0.2) is 50.7 Å². The van der Waals surface area contributed by atoms with E-state index >= 15 is 0 Å². The fourth-order valence-corrected chi connectivity index (χ4v) is 3.96. The van der Waals surface area contributed by atoms with E-state index < -0.39 is 0 Å². The summed E-state index contributed by atoms with van der Waals surface area (Å²) in [5.74, 6) is 0.718. The van der Waals surface area contributed by atoms with Gasteiger partial charge in [0.2, 0.25) is 0 Å². The molecular weight excluding hydrogens is 340 g/mol. The van der Waals surface area contributed by atoms with E-state index in [0.29, 0.717) is 0 Å². The second-order valence-electron chi connectivity index (χ2n) is 7.15. The van der Waals surface area contributed by atoms with Gasteiger partial charge in [-0.05, 0) is 49.7 Å². The lowest BCUT2D eigenvalue weighted by Gasteiger charge is -2.36. The average molecular weight is 366 g/mol. The topological polar surface area (TPSA) is 42.0 Å². The summed E-state index contributed by atoms with van der Waals surface area (Å²) in [4.78, 5) is 16.8. The Bertz CT molecular complexity index is 782. The van der Waals surface area contributed by atoms with Gasteiger partial charge in [-0.25, -0.2) is 4.79 Å². The van der Waals surface area contributed by atoms with Gasteiger partial charge in [0.15, 0.2) is 0 Å². The average Bonchev–Trinajstić information content (AvgIpc) is 3.05. The van der Waals surface area contributed by atoms with Crippen LogP contribution in [0.15, 0.2) is 48.5 Å². The normalized spacial score (nSPS) is 19.7. The van der Waals surface area contributed by atoms with Crippen LogP contribution in [0.3, 0.4) is 0 Å². The second kappa shape index (κ2) is 8.01. The van der Waals surface area contributed by atoms with Gasteiger partial charge in [-0.1, -0.05) is 18.2 Å². The second-order valence-corrected chi connectivity index (χ2v) is 7.15. The number of methoxy groups -OCH3 is 1. The predicted molar refractivity (Wildman–Crippen MR) is 105 cm³/mol. The Kier molecular flexibility index (Phi) is 5.30. The number of cyclic esters (lactones) is 1. The summed E-state index contributed by atoms with van der Waals surface area (Å²) in [6.07, 6.45) is 1.85. The molecule has 1 saturated heterocycles. The summed E-state index contributed by atoms with van der Waals surface area (Å²) in [7, 11) is 1.69. The molecule has 142 valence electrons. The summed E-state index contributed by atoms with van der Waals surface area (Å²) < 4.78 is 10.8. The molecule has 2 aromatic rings. The quantitative estimate of drug-likeness (QED) is 0.732. The van der Waals surface area contributed by atoms with Gasteiger partial charge in [0.1, 0.15) is 11.9 Å². The van der Waals surface area contributed by atoms with Crippen molar-refractivity contribution >= 4 is 11.7 Å². The molecule has 2 heterocycles. The smallest absolute Gasteiger partial charge is 0.339 e. The van der Waals surface area contributed by atoms with Gasteiger partial charge in [-0.3, -0.25) is 4.90 Å². The van der Waals surface area contributed by atoms with Gasteiger partial charge in [0, 0.05) is 37.4 Å². The minimum atomic E-state index is -0.177. The van der Waals surface area contributed by atoms with Gasteiger partial charge in [-0.2, -0.15) is 0 Å². The molecule has 2 aliphatic rings. The first-order valence-corrected chi connectivity index (χ1v) is 9.66. The van der Waals surface area contributed by atoms with E-state index in [4.69, 9.17) is 9.47 Å². The Labute approximate surface area is 160 Å². The van der Waals surface area contributed by atoms with Crippen molar-refractivity contribution in [1.29, 1.82) is 0 Å². The van der Waals surface area contributed by atoms with Crippen LogP contribution in [0.4, 0.5) is 5.69 Å². The van der Waals surface area contributed by atoms with Crippen molar-refractivity contribution in [3.05, 3.63) is 59.7 Å². The Morgan fingerprint density at radius 2 is 1.78 bits per heavy atom. The Balaban J connectivity index is 1.23. The molecule has 0 amide bonds. The number of esters is 1. The van der Waals surface area contributed by atoms with Gasteiger partial charge >= 0.3 is 5.97 Å². The number of nitrogens with zero attached hydrogens (tertiary/aromatic N) is 2. The fraction of sp³-hybridized carbons (Fsp3) is 0.409. The molecule has 4 rings (SSSR count). The van der Waals surface area contributed by atoms with E-state index in [0.717, 1.165) is 62.4 Å². The summed E-state index contributed by atoms with van der Waals surface area (Å²) in [6.45, 7) is 5.24. The molecule has 2 aliphatic heterocycles. The zero-order chi connectivity index (χ0) is 18.6. The van der Waals surface area contributed by atoms with Crippen molar-refractivity contribution in [2.24, 2.45) is 0 Å².